The van der Waals surface area contributed by atoms with E-state index < -0.39 is 16.1 Å². The summed E-state index contributed by atoms with van der Waals surface area (Å²) < 4.78 is 32.5. The third kappa shape index (κ3) is 6.10. The highest BCUT2D eigenvalue weighted by Gasteiger charge is 2.28. The number of carbonyl (C=O) groups is 1. The monoisotopic (exact) mass is 357 g/mol. The van der Waals surface area contributed by atoms with E-state index in [1.165, 1.54) is 19.2 Å². The Morgan fingerprint density at radius 3 is 2.29 bits per heavy atom. The molecule has 1 unspecified atom stereocenters. The first-order valence-corrected chi connectivity index (χ1v) is 9.45. The topological polar surface area (TPSA) is 96.5 Å². The fraction of sp³-hybridized carbons (Fsp3) is 0.562. The number of hydrogen-bond donors (Lipinski definition) is 3. The Morgan fingerprint density at radius 2 is 1.79 bits per heavy atom. The number of benzene rings is 1. The van der Waals surface area contributed by atoms with Crippen LogP contribution in [0.25, 0.3) is 0 Å². The van der Waals surface area contributed by atoms with E-state index in [-0.39, 0.29) is 16.7 Å². The summed E-state index contributed by atoms with van der Waals surface area (Å²) in [6, 6.07) is 5.19. The number of nitrogens with one attached hydrogen (secondary N) is 3. The van der Waals surface area contributed by atoms with Gasteiger partial charge in [0.15, 0.2) is 0 Å². The number of ether oxygens (including phenoxy) is 1. The SMILES string of the molecule is CCNCCNC(=O)C(NS(=O)(=O)c1ccc(OC)cc1)C(C)C. The summed E-state index contributed by atoms with van der Waals surface area (Å²) in [6.07, 6.45) is 0. The third-order valence-electron chi connectivity index (χ3n) is 3.45. The van der Waals surface area contributed by atoms with E-state index in [4.69, 9.17) is 4.74 Å². The van der Waals surface area contributed by atoms with E-state index in [2.05, 4.69) is 15.4 Å². The number of amides is 1. The van der Waals surface area contributed by atoms with Crippen LogP contribution in [0.4, 0.5) is 0 Å². The summed E-state index contributed by atoms with van der Waals surface area (Å²) in [6.45, 7) is 7.46. The fourth-order valence-electron chi connectivity index (χ4n) is 2.04. The van der Waals surface area contributed by atoms with Crippen LogP contribution in [0, 0.1) is 5.92 Å². The van der Waals surface area contributed by atoms with E-state index >= 15 is 0 Å². The molecule has 8 heteroatoms. The van der Waals surface area contributed by atoms with E-state index in [0.717, 1.165) is 6.54 Å². The van der Waals surface area contributed by atoms with Gasteiger partial charge in [-0.05, 0) is 36.7 Å². The van der Waals surface area contributed by atoms with Crippen LogP contribution in [0.5, 0.6) is 5.75 Å². The molecule has 0 saturated carbocycles. The average Bonchev–Trinajstić information content (AvgIpc) is 2.56. The molecule has 0 bridgehead atoms. The van der Waals surface area contributed by atoms with Crippen LogP contribution >= 0.6 is 0 Å². The second-order valence-electron chi connectivity index (χ2n) is 5.66. The fourth-order valence-corrected chi connectivity index (χ4v) is 3.39. The molecule has 0 spiro atoms. The van der Waals surface area contributed by atoms with Crippen LogP contribution in [0.3, 0.4) is 0 Å². The predicted octanol–water partition coefficient (Wildman–Crippen LogP) is 0.724. The first-order chi connectivity index (χ1) is 11.3. The molecule has 0 aliphatic heterocycles. The van der Waals surface area contributed by atoms with Crippen molar-refractivity contribution in [1.29, 1.82) is 0 Å². The van der Waals surface area contributed by atoms with E-state index in [1.54, 1.807) is 26.0 Å². The molecule has 0 saturated heterocycles. The first kappa shape index (κ1) is 20.4. The van der Waals surface area contributed by atoms with E-state index in [1.807, 2.05) is 6.92 Å². The summed E-state index contributed by atoms with van der Waals surface area (Å²) in [4.78, 5) is 12.4. The molecule has 0 aromatic heterocycles. The molecule has 1 amide bonds. The largest absolute Gasteiger partial charge is 0.497 e. The third-order valence-corrected chi connectivity index (χ3v) is 4.91. The van der Waals surface area contributed by atoms with Gasteiger partial charge in [0.05, 0.1) is 12.0 Å². The molecule has 0 heterocycles. The summed E-state index contributed by atoms with van der Waals surface area (Å²) in [5.74, 6) is 0.0488. The highest BCUT2D eigenvalue weighted by Crippen LogP contribution is 2.16. The minimum atomic E-state index is -3.79. The van der Waals surface area contributed by atoms with Crippen molar-refractivity contribution >= 4 is 15.9 Å². The van der Waals surface area contributed by atoms with Crippen molar-refractivity contribution in [2.75, 3.05) is 26.7 Å². The molecule has 0 aliphatic rings. The van der Waals surface area contributed by atoms with Crippen molar-refractivity contribution in [3.05, 3.63) is 24.3 Å². The van der Waals surface area contributed by atoms with Crippen molar-refractivity contribution in [3.63, 3.8) is 0 Å². The standard InChI is InChI=1S/C16H27N3O4S/c1-5-17-10-11-18-16(20)15(12(2)3)19-24(21,22)14-8-6-13(23-4)7-9-14/h6-9,12,15,17,19H,5,10-11H2,1-4H3,(H,18,20). The molecule has 0 radical (unpaired) electrons. The lowest BCUT2D eigenvalue weighted by Crippen LogP contribution is -2.50. The Kier molecular flexibility index (Phi) is 8.17. The van der Waals surface area contributed by atoms with Crippen molar-refractivity contribution < 1.29 is 17.9 Å². The van der Waals surface area contributed by atoms with Crippen LogP contribution in [-0.2, 0) is 14.8 Å². The van der Waals surface area contributed by atoms with Gasteiger partial charge in [-0.1, -0.05) is 20.8 Å². The normalized spacial score (nSPS) is 12.9. The van der Waals surface area contributed by atoms with Gasteiger partial charge in [0.2, 0.25) is 15.9 Å². The lowest BCUT2D eigenvalue weighted by atomic mass is 10.1. The van der Waals surface area contributed by atoms with Gasteiger partial charge in [0, 0.05) is 13.1 Å². The molecule has 24 heavy (non-hydrogen) atoms. The van der Waals surface area contributed by atoms with Gasteiger partial charge in [0.1, 0.15) is 11.8 Å². The molecule has 136 valence electrons. The number of rotatable bonds is 10. The summed E-state index contributed by atoms with van der Waals surface area (Å²) >= 11 is 0. The van der Waals surface area contributed by atoms with Crippen molar-refractivity contribution in [2.45, 2.75) is 31.7 Å². The number of sulfonamides is 1. The molecule has 3 N–H and O–H groups in total. The Balaban J connectivity index is 2.80. The zero-order valence-corrected chi connectivity index (χ0v) is 15.4. The molecule has 0 aliphatic carbocycles. The van der Waals surface area contributed by atoms with Crippen LogP contribution < -0.4 is 20.1 Å². The Bertz CT molecular complexity index is 615. The molecule has 1 aromatic carbocycles. The van der Waals surface area contributed by atoms with Gasteiger partial charge in [-0.25, -0.2) is 8.42 Å². The molecule has 1 atom stereocenters. The lowest BCUT2D eigenvalue weighted by Gasteiger charge is -2.21. The number of methoxy groups -OCH3 is 1. The number of hydrogen-bond acceptors (Lipinski definition) is 5. The van der Waals surface area contributed by atoms with Gasteiger partial charge in [-0.2, -0.15) is 4.72 Å². The molecule has 1 aromatic rings. The number of carbonyl (C=O) groups excluding carboxylic acids is 1. The highest BCUT2D eigenvalue weighted by molar-refractivity contribution is 7.89. The zero-order valence-electron chi connectivity index (χ0n) is 14.6. The Morgan fingerprint density at radius 1 is 1.17 bits per heavy atom. The maximum absolute atomic E-state index is 12.5. The van der Waals surface area contributed by atoms with Crippen LogP contribution in [0.1, 0.15) is 20.8 Å². The van der Waals surface area contributed by atoms with Crippen molar-refractivity contribution in [1.82, 2.24) is 15.4 Å². The summed E-state index contributed by atoms with van der Waals surface area (Å²) in [5, 5.41) is 5.83. The van der Waals surface area contributed by atoms with Crippen LogP contribution in [0.15, 0.2) is 29.2 Å². The van der Waals surface area contributed by atoms with Gasteiger partial charge >= 0.3 is 0 Å². The maximum Gasteiger partial charge on any atom is 0.241 e. The average molecular weight is 357 g/mol. The van der Waals surface area contributed by atoms with Crippen molar-refractivity contribution in [2.24, 2.45) is 5.92 Å². The molecular formula is C16H27N3O4S. The lowest BCUT2D eigenvalue weighted by molar-refractivity contribution is -0.123. The summed E-state index contributed by atoms with van der Waals surface area (Å²) in [7, 11) is -2.28. The van der Waals surface area contributed by atoms with Crippen LogP contribution in [-0.4, -0.2) is 47.1 Å². The highest BCUT2D eigenvalue weighted by atomic mass is 32.2. The predicted molar refractivity (Wildman–Crippen MR) is 93.5 cm³/mol. The smallest absolute Gasteiger partial charge is 0.241 e. The number of likely N-dealkylation sites (N-methyl/N-ethyl adjacent to an activating group) is 1. The second-order valence-corrected chi connectivity index (χ2v) is 7.38. The zero-order chi connectivity index (χ0) is 18.2. The molecule has 0 fully saturated rings. The minimum Gasteiger partial charge on any atom is -0.497 e. The van der Waals surface area contributed by atoms with Gasteiger partial charge in [-0.3, -0.25) is 4.79 Å². The molecular weight excluding hydrogens is 330 g/mol. The quantitative estimate of drug-likeness (QED) is 0.536. The Labute approximate surface area is 144 Å². The van der Waals surface area contributed by atoms with Gasteiger partial charge in [-0.15, -0.1) is 0 Å². The maximum atomic E-state index is 12.5. The van der Waals surface area contributed by atoms with Crippen LogP contribution in [0.2, 0.25) is 0 Å². The van der Waals surface area contributed by atoms with Gasteiger partial charge in [0.25, 0.3) is 0 Å². The molecule has 7 nitrogen and oxygen atoms in total. The van der Waals surface area contributed by atoms with E-state index in [0.29, 0.717) is 18.8 Å². The first-order valence-electron chi connectivity index (χ1n) is 7.96. The Hall–Kier alpha value is -1.64. The molecule has 1 rings (SSSR count). The van der Waals surface area contributed by atoms with Gasteiger partial charge < -0.3 is 15.4 Å². The summed E-state index contributed by atoms with van der Waals surface area (Å²) in [5.41, 5.74) is 0. The minimum absolute atomic E-state index is 0.0920. The second kappa shape index (κ2) is 9.61. The van der Waals surface area contributed by atoms with Crippen molar-refractivity contribution in [3.8, 4) is 5.75 Å². The van der Waals surface area contributed by atoms with E-state index in [9.17, 15) is 13.2 Å².